The third-order valence-electron chi connectivity index (χ3n) is 4.25. The zero-order chi connectivity index (χ0) is 18.1. The molecule has 1 aliphatic rings. The third-order valence-corrected chi connectivity index (χ3v) is 4.88. The number of halogens is 2. The molecular formula is C19H14Cl2N4O. The van der Waals surface area contributed by atoms with Gasteiger partial charge in [0.05, 0.1) is 15.7 Å². The van der Waals surface area contributed by atoms with E-state index < -0.39 is 5.91 Å². The van der Waals surface area contributed by atoms with Gasteiger partial charge in [-0.05, 0) is 30.2 Å². The van der Waals surface area contributed by atoms with Gasteiger partial charge in [-0.1, -0.05) is 47.5 Å². The SMILES string of the molecule is O=C(Nc1c(Cl)cccc1Cl)c1cc(N2CCc3ccccc32)ncn1. The van der Waals surface area contributed by atoms with Gasteiger partial charge < -0.3 is 10.2 Å². The first-order chi connectivity index (χ1) is 12.6. The van der Waals surface area contributed by atoms with Gasteiger partial charge in [0.1, 0.15) is 17.8 Å². The molecule has 0 bridgehead atoms. The van der Waals surface area contributed by atoms with Crippen molar-refractivity contribution in [3.05, 3.63) is 76.2 Å². The fraction of sp³-hybridized carbons (Fsp3) is 0.105. The lowest BCUT2D eigenvalue weighted by Gasteiger charge is -2.18. The van der Waals surface area contributed by atoms with Crippen LogP contribution in [-0.4, -0.2) is 22.4 Å². The number of carbonyl (C=O) groups is 1. The average molecular weight is 385 g/mol. The molecule has 2 aromatic carbocycles. The number of aromatic nitrogens is 2. The van der Waals surface area contributed by atoms with Crippen molar-refractivity contribution < 1.29 is 4.79 Å². The minimum atomic E-state index is -0.392. The Morgan fingerprint density at radius 1 is 1.04 bits per heavy atom. The van der Waals surface area contributed by atoms with Crippen molar-refractivity contribution in [3.63, 3.8) is 0 Å². The van der Waals surface area contributed by atoms with Gasteiger partial charge >= 0.3 is 0 Å². The first kappa shape index (κ1) is 16.8. The molecule has 0 aliphatic carbocycles. The number of anilines is 3. The van der Waals surface area contributed by atoms with Crippen LogP contribution in [0.1, 0.15) is 16.1 Å². The van der Waals surface area contributed by atoms with E-state index in [2.05, 4.69) is 26.3 Å². The van der Waals surface area contributed by atoms with E-state index in [1.165, 1.54) is 11.9 Å². The second-order valence-electron chi connectivity index (χ2n) is 5.84. The van der Waals surface area contributed by atoms with Gasteiger partial charge in [-0.2, -0.15) is 0 Å². The lowest BCUT2D eigenvalue weighted by atomic mass is 10.2. The summed E-state index contributed by atoms with van der Waals surface area (Å²) in [4.78, 5) is 23.1. The molecule has 130 valence electrons. The molecule has 0 atom stereocenters. The van der Waals surface area contributed by atoms with Crippen LogP contribution in [0.2, 0.25) is 10.0 Å². The Kier molecular flexibility index (Phi) is 4.49. The fourth-order valence-electron chi connectivity index (χ4n) is 2.99. The highest BCUT2D eigenvalue weighted by Crippen LogP contribution is 2.33. The quantitative estimate of drug-likeness (QED) is 0.708. The number of rotatable bonds is 3. The Hall–Kier alpha value is -2.63. The number of para-hydroxylation sites is 2. The molecule has 2 heterocycles. The summed E-state index contributed by atoms with van der Waals surface area (Å²) in [5.74, 6) is 0.288. The van der Waals surface area contributed by atoms with Crippen LogP contribution in [0, 0.1) is 0 Å². The molecule has 0 fully saturated rings. The Morgan fingerprint density at radius 2 is 1.81 bits per heavy atom. The summed E-state index contributed by atoms with van der Waals surface area (Å²) in [6.45, 7) is 0.813. The number of nitrogens with one attached hydrogen (secondary N) is 1. The number of hydrogen-bond donors (Lipinski definition) is 1. The van der Waals surface area contributed by atoms with Gasteiger partial charge in [-0.15, -0.1) is 0 Å². The van der Waals surface area contributed by atoms with Gasteiger partial charge in [0.2, 0.25) is 0 Å². The molecule has 4 rings (SSSR count). The predicted octanol–water partition coefficient (Wildman–Crippen LogP) is 4.73. The summed E-state index contributed by atoms with van der Waals surface area (Å²) in [7, 11) is 0. The van der Waals surface area contributed by atoms with E-state index in [0.29, 0.717) is 21.6 Å². The number of amides is 1. The van der Waals surface area contributed by atoms with E-state index in [0.717, 1.165) is 18.7 Å². The van der Waals surface area contributed by atoms with Crippen molar-refractivity contribution in [1.82, 2.24) is 9.97 Å². The molecule has 3 aromatic rings. The van der Waals surface area contributed by atoms with Crippen molar-refractivity contribution in [1.29, 1.82) is 0 Å². The molecule has 0 saturated carbocycles. The zero-order valence-electron chi connectivity index (χ0n) is 13.6. The number of benzene rings is 2. The Labute approximate surface area is 160 Å². The van der Waals surface area contributed by atoms with Crippen LogP contribution < -0.4 is 10.2 Å². The summed E-state index contributed by atoms with van der Waals surface area (Å²) in [6, 6.07) is 14.9. The second kappa shape index (κ2) is 6.94. The summed E-state index contributed by atoms with van der Waals surface area (Å²) in [5, 5.41) is 3.46. The van der Waals surface area contributed by atoms with Crippen molar-refractivity contribution in [3.8, 4) is 0 Å². The lowest BCUT2D eigenvalue weighted by Crippen LogP contribution is -2.18. The zero-order valence-corrected chi connectivity index (χ0v) is 15.1. The molecule has 1 aromatic heterocycles. The Bertz CT molecular complexity index is 973. The topological polar surface area (TPSA) is 58.1 Å². The molecule has 0 spiro atoms. The van der Waals surface area contributed by atoms with E-state index in [1.54, 1.807) is 24.3 Å². The maximum atomic E-state index is 12.6. The average Bonchev–Trinajstić information content (AvgIpc) is 3.09. The minimum Gasteiger partial charge on any atom is -0.326 e. The molecule has 1 amide bonds. The highest BCUT2D eigenvalue weighted by Gasteiger charge is 2.22. The highest BCUT2D eigenvalue weighted by atomic mass is 35.5. The summed E-state index contributed by atoms with van der Waals surface area (Å²) in [5.41, 5.74) is 2.98. The van der Waals surface area contributed by atoms with Crippen LogP contribution in [0.25, 0.3) is 0 Å². The first-order valence-corrected chi connectivity index (χ1v) is 8.82. The van der Waals surface area contributed by atoms with Crippen molar-refractivity contribution >= 4 is 46.3 Å². The number of nitrogens with zero attached hydrogens (tertiary/aromatic N) is 3. The Balaban J connectivity index is 1.61. The summed E-state index contributed by atoms with van der Waals surface area (Å²) in [6.07, 6.45) is 2.33. The number of carbonyl (C=O) groups excluding carboxylic acids is 1. The Morgan fingerprint density at radius 3 is 2.62 bits per heavy atom. The molecule has 5 nitrogen and oxygen atoms in total. The standard InChI is InChI=1S/C19H14Cl2N4O/c20-13-5-3-6-14(21)18(13)24-19(26)15-10-17(23-11-22-15)25-9-8-12-4-1-2-7-16(12)25/h1-7,10-11H,8-9H2,(H,24,26). The monoisotopic (exact) mass is 384 g/mol. The number of fused-ring (bicyclic) bond motifs is 1. The molecule has 7 heteroatoms. The third kappa shape index (κ3) is 3.11. The van der Waals surface area contributed by atoms with E-state index in [1.807, 2.05) is 18.2 Å². The van der Waals surface area contributed by atoms with Crippen LogP contribution in [-0.2, 0) is 6.42 Å². The van der Waals surface area contributed by atoms with Crippen molar-refractivity contribution in [2.45, 2.75) is 6.42 Å². The van der Waals surface area contributed by atoms with E-state index in [9.17, 15) is 4.79 Å². The first-order valence-electron chi connectivity index (χ1n) is 8.06. The van der Waals surface area contributed by atoms with Crippen LogP contribution in [0.15, 0.2) is 54.9 Å². The molecule has 0 unspecified atom stereocenters. The minimum absolute atomic E-state index is 0.246. The fourth-order valence-corrected chi connectivity index (χ4v) is 3.48. The summed E-state index contributed by atoms with van der Waals surface area (Å²) < 4.78 is 0. The second-order valence-corrected chi connectivity index (χ2v) is 6.66. The highest BCUT2D eigenvalue weighted by molar-refractivity contribution is 6.40. The van der Waals surface area contributed by atoms with E-state index >= 15 is 0 Å². The molecule has 1 aliphatic heterocycles. The molecule has 1 N–H and O–H groups in total. The molecule has 26 heavy (non-hydrogen) atoms. The van der Waals surface area contributed by atoms with Gasteiger partial charge in [0.25, 0.3) is 5.91 Å². The maximum absolute atomic E-state index is 12.6. The molecule has 0 radical (unpaired) electrons. The van der Waals surface area contributed by atoms with Crippen LogP contribution in [0.4, 0.5) is 17.2 Å². The summed E-state index contributed by atoms with van der Waals surface area (Å²) >= 11 is 12.2. The largest absolute Gasteiger partial charge is 0.326 e. The van der Waals surface area contributed by atoms with E-state index in [4.69, 9.17) is 23.2 Å². The predicted molar refractivity (Wildman–Crippen MR) is 104 cm³/mol. The van der Waals surface area contributed by atoms with Gasteiger partial charge in [0.15, 0.2) is 0 Å². The van der Waals surface area contributed by atoms with Crippen molar-refractivity contribution in [2.75, 3.05) is 16.8 Å². The van der Waals surface area contributed by atoms with Gasteiger partial charge in [0, 0.05) is 18.3 Å². The van der Waals surface area contributed by atoms with Crippen molar-refractivity contribution in [2.24, 2.45) is 0 Å². The maximum Gasteiger partial charge on any atom is 0.274 e. The molecular weight excluding hydrogens is 371 g/mol. The van der Waals surface area contributed by atoms with Crippen LogP contribution in [0.3, 0.4) is 0 Å². The van der Waals surface area contributed by atoms with Gasteiger partial charge in [-0.25, -0.2) is 9.97 Å². The molecule has 0 saturated heterocycles. The van der Waals surface area contributed by atoms with Crippen LogP contribution >= 0.6 is 23.2 Å². The van der Waals surface area contributed by atoms with Gasteiger partial charge in [-0.3, -0.25) is 4.79 Å². The normalized spacial score (nSPS) is 12.8. The smallest absolute Gasteiger partial charge is 0.274 e. The van der Waals surface area contributed by atoms with E-state index in [-0.39, 0.29) is 5.69 Å². The lowest BCUT2D eigenvalue weighted by molar-refractivity contribution is 0.102. The number of hydrogen-bond acceptors (Lipinski definition) is 4. The van der Waals surface area contributed by atoms with Crippen LogP contribution in [0.5, 0.6) is 0 Å².